The van der Waals surface area contributed by atoms with Crippen LogP contribution in [0.25, 0.3) is 0 Å². The topological polar surface area (TPSA) is 82.5 Å². The number of hydrogen-bond acceptors (Lipinski definition) is 6. The van der Waals surface area contributed by atoms with E-state index in [2.05, 4.69) is 91.7 Å². The van der Waals surface area contributed by atoms with E-state index in [0.29, 0.717) is 66.3 Å². The fraction of sp³-hybridized carbons (Fsp3) is 0.825. The number of amides is 2. The lowest BCUT2D eigenvalue weighted by atomic mass is 9.32. The second-order valence-corrected chi connectivity index (χ2v) is 24.9. The molecule has 0 unspecified atom stereocenters. The predicted molar refractivity (Wildman–Crippen MR) is 267 cm³/mol. The molecule has 9 heteroatoms. The van der Waals surface area contributed by atoms with E-state index in [1.807, 2.05) is 4.90 Å². The van der Waals surface area contributed by atoms with Gasteiger partial charge in [-0.2, -0.15) is 4.59 Å². The summed E-state index contributed by atoms with van der Waals surface area (Å²) in [6, 6.07) is 0. The summed E-state index contributed by atoms with van der Waals surface area (Å²) in [5, 5.41) is 5.55. The molecule has 8 rings (SSSR count). The van der Waals surface area contributed by atoms with Gasteiger partial charge in [0.1, 0.15) is 19.2 Å². The molecule has 66 heavy (non-hydrogen) atoms. The number of nitrogens with zero attached hydrogens (tertiary/aromatic N) is 5. The summed E-state index contributed by atoms with van der Waals surface area (Å²) in [6.45, 7) is 35.1. The average Bonchev–Trinajstić information content (AvgIpc) is 3.86. The molecule has 8 aliphatic rings. The Hall–Kier alpha value is -2.94. The highest BCUT2D eigenvalue weighted by atomic mass is 16.5. The number of ether oxygens (including phenoxy) is 1. The molecule has 2 amide bonds. The number of piperazine rings is 1. The maximum atomic E-state index is 15.5. The Morgan fingerprint density at radius 1 is 0.758 bits per heavy atom. The van der Waals surface area contributed by atoms with Crippen LogP contribution in [-0.2, 0) is 19.1 Å². The maximum Gasteiger partial charge on any atom is 0.302 e. The van der Waals surface area contributed by atoms with Crippen molar-refractivity contribution in [3.63, 3.8) is 0 Å². The van der Waals surface area contributed by atoms with Gasteiger partial charge in [-0.15, -0.1) is 0 Å². The number of fused-ring (bicyclic) bond motifs is 8. The monoisotopic (exact) mass is 911 g/mol. The van der Waals surface area contributed by atoms with E-state index in [1.54, 1.807) is 6.92 Å². The summed E-state index contributed by atoms with van der Waals surface area (Å²) >= 11 is 0. The highest BCUT2D eigenvalue weighted by Crippen LogP contribution is 2.77. The Labute approximate surface area is 401 Å². The van der Waals surface area contributed by atoms with E-state index < -0.39 is 0 Å². The molecular formula is C57H92N5O4+. The van der Waals surface area contributed by atoms with Crippen LogP contribution >= 0.6 is 0 Å². The standard InChI is InChI=1S/C57H92N5O4/c1-13-15-17-19-35-62(36-20-18-16-14-2)38-61-41(6)37-40(5)48(50(61)58-62)51(64)59-31-33-60(34-32-59)52(65)57-28-23-43(39(3)4)49(57)44-21-22-46-54(10)26-25-47(66-42(7)63)53(8,9)45(54)24-27-56(46,12)55(44,11)29-30-57/h37,43-47,49H,3,13-36,38H2,1-2,4-12H3/q+1/t43-,44+,45-,46+,47-,49+,54-,55+,56+,57-/m0/s1. The summed E-state index contributed by atoms with van der Waals surface area (Å²) in [5.41, 5.74) is 4.30. The molecule has 3 aliphatic heterocycles. The van der Waals surface area contributed by atoms with E-state index in [0.717, 1.165) is 88.1 Å². The van der Waals surface area contributed by atoms with Gasteiger partial charge in [0.25, 0.3) is 5.91 Å². The normalized spacial score (nSPS) is 37.8. The second kappa shape index (κ2) is 18.4. The van der Waals surface area contributed by atoms with E-state index in [4.69, 9.17) is 9.84 Å². The Morgan fingerprint density at radius 2 is 1.41 bits per heavy atom. The molecule has 1 saturated heterocycles. The molecule has 3 heterocycles. The van der Waals surface area contributed by atoms with Crippen molar-refractivity contribution in [2.45, 2.75) is 198 Å². The zero-order chi connectivity index (χ0) is 47.6. The molecule has 5 saturated carbocycles. The van der Waals surface area contributed by atoms with Crippen molar-refractivity contribution in [1.82, 2.24) is 14.7 Å². The Kier molecular flexibility index (Phi) is 13.8. The van der Waals surface area contributed by atoms with Crippen LogP contribution in [0.15, 0.2) is 40.2 Å². The fourth-order valence-electron chi connectivity index (χ4n) is 17.5. The van der Waals surface area contributed by atoms with Gasteiger partial charge in [0.15, 0.2) is 6.67 Å². The van der Waals surface area contributed by atoms with Crippen LogP contribution < -0.4 is 0 Å². The molecule has 0 spiro atoms. The van der Waals surface area contributed by atoms with Gasteiger partial charge in [0.2, 0.25) is 11.7 Å². The molecular weight excluding hydrogens is 819 g/mol. The van der Waals surface area contributed by atoms with Gasteiger partial charge < -0.3 is 14.5 Å². The third-order valence-electron chi connectivity index (χ3n) is 21.1. The molecule has 6 fully saturated rings. The van der Waals surface area contributed by atoms with Gasteiger partial charge in [0.05, 0.1) is 11.0 Å². The molecule has 0 aromatic carbocycles. The lowest BCUT2D eigenvalue weighted by Gasteiger charge is -2.73. The number of unbranched alkanes of at least 4 members (excludes halogenated alkanes) is 6. The number of carbonyl (C=O) groups excluding carboxylic acids is 3. The first kappa shape index (κ1) is 49.5. The summed E-state index contributed by atoms with van der Waals surface area (Å²) in [5.74, 6) is 3.43. The third-order valence-corrected chi connectivity index (χ3v) is 21.1. The van der Waals surface area contributed by atoms with Crippen molar-refractivity contribution >= 4 is 23.6 Å². The van der Waals surface area contributed by atoms with Gasteiger partial charge in [-0.3, -0.25) is 19.3 Å². The lowest BCUT2D eigenvalue weighted by molar-refractivity contribution is -0.935. The number of rotatable bonds is 14. The fourth-order valence-corrected chi connectivity index (χ4v) is 17.5. The van der Waals surface area contributed by atoms with E-state index in [-0.39, 0.29) is 45.1 Å². The number of carbonyl (C=O) groups is 3. The zero-order valence-electron chi connectivity index (χ0n) is 43.8. The summed E-state index contributed by atoms with van der Waals surface area (Å²) in [6.07, 6.45) is 22.8. The minimum absolute atomic E-state index is 0.0168. The van der Waals surface area contributed by atoms with Crippen molar-refractivity contribution in [2.75, 3.05) is 45.9 Å². The van der Waals surface area contributed by atoms with Crippen LogP contribution in [0.1, 0.15) is 192 Å². The minimum atomic E-state index is -0.367. The Bertz CT molecular complexity index is 1980. The first-order valence-electron chi connectivity index (χ1n) is 27.3. The van der Waals surface area contributed by atoms with Gasteiger partial charge in [-0.25, -0.2) is 0 Å². The van der Waals surface area contributed by atoms with Crippen molar-refractivity contribution in [3.8, 4) is 0 Å². The van der Waals surface area contributed by atoms with E-state index in [9.17, 15) is 9.59 Å². The van der Waals surface area contributed by atoms with Crippen LogP contribution in [-0.4, -0.2) is 95.0 Å². The maximum absolute atomic E-state index is 15.5. The highest BCUT2D eigenvalue weighted by molar-refractivity contribution is 6.22. The highest BCUT2D eigenvalue weighted by Gasteiger charge is 2.72. The molecule has 9 nitrogen and oxygen atoms in total. The number of allylic oxidation sites excluding steroid dienone is 4. The molecule has 0 N–H and O–H groups in total. The van der Waals surface area contributed by atoms with Gasteiger partial charge in [-0.1, -0.05) is 91.4 Å². The number of quaternary nitrogens is 1. The Morgan fingerprint density at radius 3 is 2.03 bits per heavy atom. The van der Waals surface area contributed by atoms with Crippen LogP contribution in [0.5, 0.6) is 0 Å². The van der Waals surface area contributed by atoms with Gasteiger partial charge in [0, 0.05) is 44.2 Å². The molecule has 368 valence electrons. The largest absolute Gasteiger partial charge is 0.462 e. The van der Waals surface area contributed by atoms with Gasteiger partial charge >= 0.3 is 5.97 Å². The molecule has 0 radical (unpaired) electrons. The summed E-state index contributed by atoms with van der Waals surface area (Å²) in [7, 11) is 0. The quantitative estimate of drug-likeness (QED) is 0.0750. The average molecular weight is 911 g/mol. The lowest BCUT2D eigenvalue weighted by Crippen LogP contribution is -2.68. The second-order valence-electron chi connectivity index (χ2n) is 24.9. The van der Waals surface area contributed by atoms with Crippen molar-refractivity contribution in [2.24, 2.45) is 61.8 Å². The van der Waals surface area contributed by atoms with Crippen LogP contribution in [0, 0.1) is 56.7 Å². The van der Waals surface area contributed by atoms with Crippen LogP contribution in [0.2, 0.25) is 0 Å². The SMILES string of the molecule is C=C(C)[C@@H]1CC[C@]2(C(=O)N3CCN(C(=O)C4=C(C)C=C(C)N5C[N+](CCCCCC)(CCCCCC)N=C45)CC3)CC[C@]3(C)[C@H](CC[C@@H]4[C@@]5(C)CC[C@H](OC(C)=O)C(C)(C)[C@@H]5CC[C@]43C)[C@@H]12. The molecule has 10 atom stereocenters. The van der Waals surface area contributed by atoms with E-state index >= 15 is 4.79 Å². The molecule has 5 aliphatic carbocycles. The first-order chi connectivity index (χ1) is 31.2. The minimum Gasteiger partial charge on any atom is -0.462 e. The van der Waals surface area contributed by atoms with Crippen LogP contribution in [0.3, 0.4) is 0 Å². The number of esters is 1. The van der Waals surface area contributed by atoms with Crippen LogP contribution in [0.4, 0.5) is 0 Å². The van der Waals surface area contributed by atoms with E-state index in [1.165, 1.54) is 75.5 Å². The molecule has 0 aromatic rings. The van der Waals surface area contributed by atoms with Crippen molar-refractivity contribution in [3.05, 3.63) is 35.1 Å². The Balaban J connectivity index is 0.996. The summed E-state index contributed by atoms with van der Waals surface area (Å²) < 4.78 is 6.73. The molecule has 0 aromatic heterocycles. The number of hydrogen-bond donors (Lipinski definition) is 0. The number of amidine groups is 1. The smallest absolute Gasteiger partial charge is 0.302 e. The van der Waals surface area contributed by atoms with Crippen molar-refractivity contribution < 1.29 is 23.7 Å². The van der Waals surface area contributed by atoms with Crippen molar-refractivity contribution in [1.29, 1.82) is 0 Å². The predicted octanol–water partition coefficient (Wildman–Crippen LogP) is 12.0. The third kappa shape index (κ3) is 7.99. The first-order valence-corrected chi connectivity index (χ1v) is 27.3. The zero-order valence-corrected chi connectivity index (χ0v) is 43.8. The van der Waals surface area contributed by atoms with Gasteiger partial charge in [-0.05, 0) is 168 Å². The molecule has 0 bridgehead atoms. The summed E-state index contributed by atoms with van der Waals surface area (Å²) in [4.78, 5) is 49.2.